The zero-order chi connectivity index (χ0) is 12.8. The molecule has 0 aliphatic carbocycles. The third kappa shape index (κ3) is 3.82. The molecule has 1 heterocycles. The number of ether oxygens (including phenoxy) is 1. The molecular formula is C14H19NO3. The van der Waals surface area contributed by atoms with E-state index in [-0.39, 0.29) is 6.10 Å². The molecule has 0 saturated carbocycles. The van der Waals surface area contributed by atoms with Gasteiger partial charge in [0.15, 0.2) is 0 Å². The first-order valence-corrected chi connectivity index (χ1v) is 6.37. The van der Waals surface area contributed by atoms with Crippen molar-refractivity contribution >= 4 is 5.97 Å². The highest BCUT2D eigenvalue weighted by molar-refractivity contribution is 5.73. The van der Waals surface area contributed by atoms with E-state index in [1.54, 1.807) is 0 Å². The van der Waals surface area contributed by atoms with Crippen LogP contribution in [0.5, 0.6) is 0 Å². The first-order valence-electron chi connectivity index (χ1n) is 6.37. The number of nitrogens with one attached hydrogen (secondary N) is 1. The lowest BCUT2D eigenvalue weighted by molar-refractivity contribution is -0.139. The van der Waals surface area contributed by atoms with Crippen LogP contribution in [0.15, 0.2) is 30.3 Å². The number of benzene rings is 1. The maximum Gasteiger partial charge on any atom is 0.321 e. The SMILES string of the molecule is O=C(O)C(Cc1ccccc1)NCC1CCCO1. The molecule has 1 fully saturated rings. The van der Waals surface area contributed by atoms with Crippen molar-refractivity contribution in [2.75, 3.05) is 13.2 Å². The Balaban J connectivity index is 1.85. The molecule has 98 valence electrons. The van der Waals surface area contributed by atoms with Crippen molar-refractivity contribution in [3.05, 3.63) is 35.9 Å². The summed E-state index contributed by atoms with van der Waals surface area (Å²) in [7, 11) is 0. The van der Waals surface area contributed by atoms with Gasteiger partial charge in [-0.2, -0.15) is 0 Å². The third-order valence-corrected chi connectivity index (χ3v) is 3.20. The molecular weight excluding hydrogens is 230 g/mol. The molecule has 4 heteroatoms. The summed E-state index contributed by atoms with van der Waals surface area (Å²) in [6, 6.07) is 9.13. The highest BCUT2D eigenvalue weighted by Crippen LogP contribution is 2.11. The number of aliphatic carboxylic acids is 1. The van der Waals surface area contributed by atoms with Crippen molar-refractivity contribution in [1.82, 2.24) is 5.32 Å². The minimum absolute atomic E-state index is 0.169. The van der Waals surface area contributed by atoms with E-state index in [4.69, 9.17) is 4.74 Å². The number of carboxylic acids is 1. The van der Waals surface area contributed by atoms with Crippen LogP contribution in [0.3, 0.4) is 0 Å². The van der Waals surface area contributed by atoms with E-state index in [9.17, 15) is 9.90 Å². The molecule has 4 nitrogen and oxygen atoms in total. The van der Waals surface area contributed by atoms with Crippen LogP contribution in [0.2, 0.25) is 0 Å². The van der Waals surface area contributed by atoms with Crippen molar-refractivity contribution in [2.45, 2.75) is 31.4 Å². The van der Waals surface area contributed by atoms with E-state index in [1.165, 1.54) is 0 Å². The topological polar surface area (TPSA) is 58.6 Å². The van der Waals surface area contributed by atoms with E-state index < -0.39 is 12.0 Å². The van der Waals surface area contributed by atoms with Crippen LogP contribution in [0, 0.1) is 0 Å². The molecule has 1 aliphatic rings. The average Bonchev–Trinajstić information content (AvgIpc) is 2.88. The minimum Gasteiger partial charge on any atom is -0.480 e. The minimum atomic E-state index is -0.808. The number of carbonyl (C=O) groups is 1. The van der Waals surface area contributed by atoms with Gasteiger partial charge in [0.05, 0.1) is 6.10 Å². The number of hydrogen-bond acceptors (Lipinski definition) is 3. The van der Waals surface area contributed by atoms with Gasteiger partial charge in [-0.1, -0.05) is 30.3 Å². The van der Waals surface area contributed by atoms with E-state index in [0.717, 1.165) is 25.0 Å². The molecule has 2 rings (SSSR count). The van der Waals surface area contributed by atoms with Crippen molar-refractivity contribution in [1.29, 1.82) is 0 Å². The second-order valence-electron chi connectivity index (χ2n) is 4.62. The van der Waals surface area contributed by atoms with Crippen LogP contribution in [-0.4, -0.2) is 36.4 Å². The fourth-order valence-electron chi connectivity index (χ4n) is 2.18. The maximum atomic E-state index is 11.2. The number of hydrogen-bond donors (Lipinski definition) is 2. The van der Waals surface area contributed by atoms with Crippen molar-refractivity contribution in [3.8, 4) is 0 Å². The van der Waals surface area contributed by atoms with Crippen LogP contribution in [0.25, 0.3) is 0 Å². The molecule has 0 aromatic heterocycles. The molecule has 2 N–H and O–H groups in total. The zero-order valence-electron chi connectivity index (χ0n) is 10.3. The monoisotopic (exact) mass is 249 g/mol. The van der Waals surface area contributed by atoms with E-state index >= 15 is 0 Å². The van der Waals surface area contributed by atoms with Gasteiger partial charge < -0.3 is 15.2 Å². The first-order chi connectivity index (χ1) is 8.75. The fraction of sp³-hybridized carbons (Fsp3) is 0.500. The molecule has 1 saturated heterocycles. The first kappa shape index (κ1) is 13.1. The summed E-state index contributed by atoms with van der Waals surface area (Å²) < 4.78 is 5.48. The van der Waals surface area contributed by atoms with E-state index in [2.05, 4.69) is 5.32 Å². The van der Waals surface area contributed by atoms with Gasteiger partial charge >= 0.3 is 5.97 Å². The van der Waals surface area contributed by atoms with Crippen LogP contribution < -0.4 is 5.32 Å². The molecule has 1 aliphatic heterocycles. The molecule has 2 atom stereocenters. The van der Waals surface area contributed by atoms with Gasteiger partial charge in [-0.05, 0) is 24.8 Å². The summed E-state index contributed by atoms with van der Waals surface area (Å²) in [5, 5.41) is 12.3. The Morgan fingerprint density at radius 2 is 2.22 bits per heavy atom. The second kappa shape index (κ2) is 6.52. The van der Waals surface area contributed by atoms with Crippen LogP contribution in [0.1, 0.15) is 18.4 Å². The van der Waals surface area contributed by atoms with Gasteiger partial charge in [0.25, 0.3) is 0 Å². The summed E-state index contributed by atoms with van der Waals surface area (Å²) in [6.45, 7) is 1.41. The largest absolute Gasteiger partial charge is 0.480 e. The Bertz CT molecular complexity index is 374. The highest BCUT2D eigenvalue weighted by Gasteiger charge is 2.21. The summed E-state index contributed by atoms with van der Waals surface area (Å²) >= 11 is 0. The Kier molecular flexibility index (Phi) is 4.73. The predicted octanol–water partition coefficient (Wildman–Crippen LogP) is 1.45. The molecule has 0 spiro atoms. The zero-order valence-corrected chi connectivity index (χ0v) is 10.3. The van der Waals surface area contributed by atoms with Crippen LogP contribution in [-0.2, 0) is 16.0 Å². The summed E-state index contributed by atoms with van der Waals surface area (Å²) in [6.07, 6.45) is 2.76. The number of rotatable bonds is 6. The molecule has 1 aromatic rings. The molecule has 0 bridgehead atoms. The van der Waals surface area contributed by atoms with Crippen molar-refractivity contribution in [3.63, 3.8) is 0 Å². The lowest BCUT2D eigenvalue weighted by Crippen LogP contribution is -2.42. The lowest BCUT2D eigenvalue weighted by atomic mass is 10.1. The van der Waals surface area contributed by atoms with Gasteiger partial charge in [-0.3, -0.25) is 4.79 Å². The quantitative estimate of drug-likeness (QED) is 0.801. The third-order valence-electron chi connectivity index (χ3n) is 3.20. The van der Waals surface area contributed by atoms with E-state index in [1.807, 2.05) is 30.3 Å². The molecule has 0 amide bonds. The standard InChI is InChI=1S/C14H19NO3/c16-14(17)13(9-11-5-2-1-3-6-11)15-10-12-7-4-8-18-12/h1-3,5-6,12-13,15H,4,7-10H2,(H,16,17). The summed E-state index contributed by atoms with van der Waals surface area (Å²) in [5.41, 5.74) is 1.03. The van der Waals surface area contributed by atoms with Gasteiger partial charge in [0, 0.05) is 13.2 Å². The predicted molar refractivity (Wildman–Crippen MR) is 68.5 cm³/mol. The lowest BCUT2D eigenvalue weighted by Gasteiger charge is -2.17. The smallest absolute Gasteiger partial charge is 0.321 e. The molecule has 2 unspecified atom stereocenters. The normalized spacial score (nSPS) is 20.8. The Hall–Kier alpha value is -1.39. The summed E-state index contributed by atoms with van der Waals surface area (Å²) in [4.78, 5) is 11.2. The molecule has 1 aromatic carbocycles. The maximum absolute atomic E-state index is 11.2. The Morgan fingerprint density at radius 1 is 1.44 bits per heavy atom. The van der Waals surface area contributed by atoms with Crippen molar-refractivity contribution in [2.24, 2.45) is 0 Å². The Labute approximate surface area is 107 Å². The van der Waals surface area contributed by atoms with Crippen LogP contribution in [0.4, 0.5) is 0 Å². The average molecular weight is 249 g/mol. The van der Waals surface area contributed by atoms with Gasteiger partial charge in [-0.25, -0.2) is 0 Å². The Morgan fingerprint density at radius 3 is 2.83 bits per heavy atom. The molecule has 18 heavy (non-hydrogen) atoms. The van der Waals surface area contributed by atoms with E-state index in [0.29, 0.717) is 13.0 Å². The van der Waals surface area contributed by atoms with Gasteiger partial charge in [-0.15, -0.1) is 0 Å². The summed E-state index contributed by atoms with van der Waals surface area (Å²) in [5.74, 6) is -0.808. The molecule has 0 radical (unpaired) electrons. The fourth-order valence-corrected chi connectivity index (χ4v) is 2.18. The van der Waals surface area contributed by atoms with Gasteiger partial charge in [0.1, 0.15) is 6.04 Å². The van der Waals surface area contributed by atoms with Crippen molar-refractivity contribution < 1.29 is 14.6 Å². The van der Waals surface area contributed by atoms with Crippen LogP contribution >= 0.6 is 0 Å². The highest BCUT2D eigenvalue weighted by atomic mass is 16.5. The number of carboxylic acid groups (broad SMARTS) is 1. The van der Waals surface area contributed by atoms with Gasteiger partial charge in [0.2, 0.25) is 0 Å². The second-order valence-corrected chi connectivity index (χ2v) is 4.62.